The zero-order chi connectivity index (χ0) is 15.4. The molecule has 1 amide bonds. The van der Waals surface area contributed by atoms with Gasteiger partial charge in [-0.15, -0.1) is 0 Å². The molecule has 0 spiro atoms. The van der Waals surface area contributed by atoms with Crippen LogP contribution in [-0.2, 0) is 0 Å². The summed E-state index contributed by atoms with van der Waals surface area (Å²) >= 11 is 0. The number of rotatable bonds is 5. The van der Waals surface area contributed by atoms with Gasteiger partial charge in [0.15, 0.2) is 0 Å². The molecular weight excluding hydrogens is 274 g/mol. The Morgan fingerprint density at radius 3 is 2.81 bits per heavy atom. The van der Waals surface area contributed by atoms with Crippen molar-refractivity contribution >= 4 is 17.4 Å². The van der Waals surface area contributed by atoms with Crippen molar-refractivity contribution in [2.45, 2.75) is 31.7 Å². The van der Waals surface area contributed by atoms with Crippen LogP contribution in [0.25, 0.3) is 0 Å². The van der Waals surface area contributed by atoms with Crippen molar-refractivity contribution < 1.29 is 9.72 Å². The van der Waals surface area contributed by atoms with Crippen LogP contribution in [0, 0.1) is 16.0 Å². The van der Waals surface area contributed by atoms with E-state index in [1.54, 1.807) is 0 Å². The molecule has 1 aliphatic carbocycles. The summed E-state index contributed by atoms with van der Waals surface area (Å²) in [6.07, 6.45) is 5.28. The zero-order valence-electron chi connectivity index (χ0n) is 11.6. The van der Waals surface area contributed by atoms with Crippen molar-refractivity contribution in [2.24, 2.45) is 17.4 Å². The molecule has 1 aromatic heterocycles. The first-order valence-corrected chi connectivity index (χ1v) is 6.93. The van der Waals surface area contributed by atoms with Crippen molar-refractivity contribution in [3.8, 4) is 0 Å². The number of amides is 1. The summed E-state index contributed by atoms with van der Waals surface area (Å²) in [5, 5.41) is 13.9. The number of nitro groups is 1. The highest BCUT2D eigenvalue weighted by Crippen LogP contribution is 2.28. The summed E-state index contributed by atoms with van der Waals surface area (Å²) in [5.41, 5.74) is 10.8. The van der Waals surface area contributed by atoms with Gasteiger partial charge < -0.3 is 16.8 Å². The second kappa shape index (κ2) is 6.49. The van der Waals surface area contributed by atoms with Crippen LogP contribution in [0.4, 0.5) is 11.5 Å². The number of nitrogens with two attached hydrogens (primary N) is 2. The molecule has 0 bridgehead atoms. The number of hydrogen-bond donors (Lipinski definition) is 3. The zero-order valence-corrected chi connectivity index (χ0v) is 11.6. The first-order chi connectivity index (χ1) is 10.0. The predicted molar refractivity (Wildman–Crippen MR) is 77.8 cm³/mol. The number of pyridine rings is 1. The average molecular weight is 293 g/mol. The molecule has 0 aromatic carbocycles. The molecule has 2 rings (SSSR count). The van der Waals surface area contributed by atoms with Gasteiger partial charge in [0.1, 0.15) is 12.0 Å². The molecule has 1 heterocycles. The third-order valence-corrected chi connectivity index (χ3v) is 3.88. The lowest BCUT2D eigenvalue weighted by atomic mass is 9.84. The molecule has 5 N–H and O–H groups in total. The Morgan fingerprint density at radius 1 is 1.48 bits per heavy atom. The fraction of sp³-hybridized carbons (Fsp3) is 0.538. The van der Waals surface area contributed by atoms with Gasteiger partial charge in [0.2, 0.25) is 0 Å². The van der Waals surface area contributed by atoms with Gasteiger partial charge in [-0.2, -0.15) is 0 Å². The van der Waals surface area contributed by atoms with Crippen molar-refractivity contribution in [1.82, 2.24) is 4.98 Å². The van der Waals surface area contributed by atoms with Gasteiger partial charge in [-0.25, -0.2) is 4.98 Å². The average Bonchev–Trinajstić information content (AvgIpc) is 2.47. The second-order valence-electron chi connectivity index (χ2n) is 5.24. The van der Waals surface area contributed by atoms with E-state index in [0.717, 1.165) is 37.9 Å². The number of nitrogens with zero attached hydrogens (tertiary/aromatic N) is 2. The van der Waals surface area contributed by atoms with E-state index >= 15 is 0 Å². The molecule has 8 heteroatoms. The standard InChI is InChI=1S/C13H19N5O3/c14-6-8-3-1-2-4-11(8)17-13-10(12(15)19)5-9(7-16-13)18(20)21/h5,7-8,11H,1-4,6,14H2,(H2,15,19)(H,16,17). The Balaban J connectivity index is 2.26. The summed E-state index contributed by atoms with van der Waals surface area (Å²) < 4.78 is 0. The van der Waals surface area contributed by atoms with Crippen molar-refractivity contribution in [3.05, 3.63) is 27.9 Å². The molecule has 2 atom stereocenters. The van der Waals surface area contributed by atoms with Crippen LogP contribution in [0.2, 0.25) is 0 Å². The molecule has 21 heavy (non-hydrogen) atoms. The normalized spacial score (nSPS) is 21.8. The molecule has 1 aromatic rings. The van der Waals surface area contributed by atoms with Crippen molar-refractivity contribution in [1.29, 1.82) is 0 Å². The van der Waals surface area contributed by atoms with E-state index < -0.39 is 10.8 Å². The number of nitrogens with one attached hydrogen (secondary N) is 1. The molecule has 0 aliphatic heterocycles. The van der Waals surface area contributed by atoms with Crippen LogP contribution in [0.1, 0.15) is 36.0 Å². The minimum absolute atomic E-state index is 0.0329. The molecule has 0 radical (unpaired) electrons. The highest BCUT2D eigenvalue weighted by Gasteiger charge is 2.26. The minimum Gasteiger partial charge on any atom is -0.366 e. The lowest BCUT2D eigenvalue weighted by molar-refractivity contribution is -0.385. The number of carbonyl (C=O) groups excluding carboxylic acids is 1. The molecule has 2 unspecified atom stereocenters. The number of carbonyl (C=O) groups is 1. The lowest BCUT2D eigenvalue weighted by Gasteiger charge is -2.32. The second-order valence-corrected chi connectivity index (χ2v) is 5.24. The molecule has 1 aliphatic rings. The molecule has 1 saturated carbocycles. The summed E-state index contributed by atoms with van der Waals surface area (Å²) in [7, 11) is 0. The van der Waals surface area contributed by atoms with Crippen LogP contribution in [-0.4, -0.2) is 28.4 Å². The Bertz CT molecular complexity index is 549. The summed E-state index contributed by atoms with van der Waals surface area (Å²) in [6, 6.07) is 1.26. The SMILES string of the molecule is NCC1CCCCC1Nc1ncc([N+](=O)[O-])cc1C(N)=O. The maximum absolute atomic E-state index is 11.5. The third kappa shape index (κ3) is 3.46. The van der Waals surface area contributed by atoms with Gasteiger partial charge in [0.05, 0.1) is 10.5 Å². The Kier molecular flexibility index (Phi) is 4.69. The predicted octanol–water partition coefficient (Wildman–Crippen LogP) is 1.02. The lowest BCUT2D eigenvalue weighted by Crippen LogP contribution is -2.37. The molecule has 114 valence electrons. The largest absolute Gasteiger partial charge is 0.366 e. The van der Waals surface area contributed by atoms with Crippen LogP contribution < -0.4 is 16.8 Å². The first-order valence-electron chi connectivity index (χ1n) is 6.93. The smallest absolute Gasteiger partial charge is 0.288 e. The highest BCUT2D eigenvalue weighted by atomic mass is 16.6. The summed E-state index contributed by atoms with van der Waals surface area (Å²) in [6.45, 7) is 0.552. The fourth-order valence-electron chi connectivity index (χ4n) is 2.71. The maximum Gasteiger partial charge on any atom is 0.288 e. The fourth-order valence-corrected chi connectivity index (χ4v) is 2.71. The van der Waals surface area contributed by atoms with Gasteiger partial charge in [-0.1, -0.05) is 12.8 Å². The monoisotopic (exact) mass is 293 g/mol. The van der Waals surface area contributed by atoms with Crippen LogP contribution in [0.3, 0.4) is 0 Å². The third-order valence-electron chi connectivity index (χ3n) is 3.88. The summed E-state index contributed by atoms with van der Waals surface area (Å²) in [5.74, 6) is -0.149. The van der Waals surface area contributed by atoms with E-state index in [9.17, 15) is 14.9 Å². The van der Waals surface area contributed by atoms with Gasteiger partial charge in [-0.3, -0.25) is 14.9 Å². The maximum atomic E-state index is 11.5. The van der Waals surface area contributed by atoms with E-state index in [-0.39, 0.29) is 17.3 Å². The van der Waals surface area contributed by atoms with E-state index in [1.807, 2.05) is 0 Å². The Morgan fingerprint density at radius 2 is 2.19 bits per heavy atom. The number of hydrogen-bond acceptors (Lipinski definition) is 6. The number of aromatic nitrogens is 1. The van der Waals surface area contributed by atoms with E-state index in [4.69, 9.17) is 11.5 Å². The van der Waals surface area contributed by atoms with Crippen molar-refractivity contribution in [2.75, 3.05) is 11.9 Å². The molecule has 8 nitrogen and oxygen atoms in total. The van der Waals surface area contributed by atoms with E-state index in [0.29, 0.717) is 18.3 Å². The van der Waals surface area contributed by atoms with Gasteiger partial charge in [0.25, 0.3) is 11.6 Å². The molecule has 0 saturated heterocycles. The van der Waals surface area contributed by atoms with Gasteiger partial charge >= 0.3 is 0 Å². The van der Waals surface area contributed by atoms with Crippen LogP contribution in [0.15, 0.2) is 12.3 Å². The van der Waals surface area contributed by atoms with E-state index in [1.165, 1.54) is 0 Å². The first kappa shape index (κ1) is 15.2. The van der Waals surface area contributed by atoms with Gasteiger partial charge in [-0.05, 0) is 25.3 Å². The highest BCUT2D eigenvalue weighted by molar-refractivity contribution is 5.98. The van der Waals surface area contributed by atoms with Gasteiger partial charge in [0, 0.05) is 12.1 Å². The molecule has 1 fully saturated rings. The topological polar surface area (TPSA) is 137 Å². The summed E-state index contributed by atoms with van der Waals surface area (Å²) in [4.78, 5) is 25.6. The van der Waals surface area contributed by atoms with Crippen LogP contribution in [0.5, 0.6) is 0 Å². The van der Waals surface area contributed by atoms with E-state index in [2.05, 4.69) is 10.3 Å². The number of anilines is 1. The minimum atomic E-state index is -0.742. The Labute approximate surface area is 122 Å². The number of primary amides is 1. The Hall–Kier alpha value is -2.22. The quantitative estimate of drug-likeness (QED) is 0.547. The van der Waals surface area contributed by atoms with Crippen LogP contribution >= 0.6 is 0 Å². The van der Waals surface area contributed by atoms with Crippen molar-refractivity contribution in [3.63, 3.8) is 0 Å². The molecular formula is C13H19N5O3.